The minimum atomic E-state index is 1.22. The number of unbranched alkanes of at least 4 members (excludes halogenated alkanes) is 4. The van der Waals surface area contributed by atoms with Crippen LogP contribution in [0.15, 0.2) is 0 Å². The largest absolute Gasteiger partial charge is 0.328 e. The predicted molar refractivity (Wildman–Crippen MR) is 60.9 cm³/mol. The molecule has 1 nitrogen and oxygen atoms in total. The quantitative estimate of drug-likeness (QED) is 0.402. The van der Waals surface area contributed by atoms with Gasteiger partial charge in [-0.3, -0.25) is 0 Å². The molecule has 0 saturated carbocycles. The summed E-state index contributed by atoms with van der Waals surface area (Å²) in [6, 6.07) is 0. The first kappa shape index (κ1) is 13.0. The Balaban J connectivity index is 3.42. The molecule has 0 aliphatic rings. The minimum absolute atomic E-state index is 1.22. The number of hydrogen-bond donors (Lipinski definition) is 0. The monoisotopic (exact) mass is 186 g/mol. The van der Waals surface area contributed by atoms with Crippen LogP contribution in [0.4, 0.5) is 0 Å². The van der Waals surface area contributed by atoms with Crippen LogP contribution in [0.3, 0.4) is 0 Å². The first-order valence-corrected chi connectivity index (χ1v) is 5.94. The second-order valence-corrected chi connectivity index (χ2v) is 4.80. The zero-order valence-electron chi connectivity index (χ0n) is 10.1. The van der Waals surface area contributed by atoms with E-state index in [9.17, 15) is 0 Å². The van der Waals surface area contributed by atoms with Crippen molar-refractivity contribution < 1.29 is 4.48 Å². The molecule has 0 aliphatic carbocycles. The van der Waals surface area contributed by atoms with Crippen LogP contribution in [0.2, 0.25) is 0 Å². The molecular formula is C12H28N+. The highest BCUT2D eigenvalue weighted by molar-refractivity contribution is 4.41. The zero-order valence-corrected chi connectivity index (χ0v) is 10.1. The van der Waals surface area contributed by atoms with Gasteiger partial charge in [0.15, 0.2) is 0 Å². The fraction of sp³-hybridized carbons (Fsp3) is 1.00. The lowest BCUT2D eigenvalue weighted by molar-refractivity contribution is -0.890. The summed E-state index contributed by atoms with van der Waals surface area (Å²) in [5.41, 5.74) is 0. The third-order valence-corrected chi connectivity index (χ3v) is 2.73. The van der Waals surface area contributed by atoms with Crippen molar-refractivity contribution >= 4 is 0 Å². The smallest absolute Gasteiger partial charge is 0.0782 e. The normalized spacial score (nSPS) is 12.0. The van der Waals surface area contributed by atoms with Crippen molar-refractivity contribution in [1.29, 1.82) is 0 Å². The van der Waals surface area contributed by atoms with Gasteiger partial charge in [0.2, 0.25) is 0 Å². The molecule has 0 N–H and O–H groups in total. The van der Waals surface area contributed by atoms with Gasteiger partial charge >= 0.3 is 0 Å². The molecule has 0 radical (unpaired) electrons. The fourth-order valence-electron chi connectivity index (χ4n) is 1.69. The van der Waals surface area contributed by atoms with E-state index in [0.717, 1.165) is 0 Å². The van der Waals surface area contributed by atoms with E-state index >= 15 is 0 Å². The molecule has 0 atom stereocenters. The highest BCUT2D eigenvalue weighted by atomic mass is 15.3. The van der Waals surface area contributed by atoms with Crippen LogP contribution >= 0.6 is 0 Å². The molecular weight excluding hydrogens is 158 g/mol. The molecule has 0 aromatic rings. The number of quaternary nitrogens is 1. The van der Waals surface area contributed by atoms with E-state index in [0.29, 0.717) is 0 Å². The molecule has 0 saturated heterocycles. The van der Waals surface area contributed by atoms with Gasteiger partial charge < -0.3 is 4.48 Å². The third-order valence-electron chi connectivity index (χ3n) is 2.73. The van der Waals surface area contributed by atoms with Crippen LogP contribution in [0, 0.1) is 0 Å². The number of hydrogen-bond acceptors (Lipinski definition) is 0. The highest BCUT2D eigenvalue weighted by Crippen LogP contribution is 2.06. The topological polar surface area (TPSA) is 0 Å². The van der Waals surface area contributed by atoms with Gasteiger partial charge in [-0.2, -0.15) is 0 Å². The summed E-state index contributed by atoms with van der Waals surface area (Å²) in [5, 5.41) is 0. The van der Waals surface area contributed by atoms with E-state index < -0.39 is 0 Å². The molecule has 0 aromatic carbocycles. The van der Waals surface area contributed by atoms with Gasteiger partial charge in [-0.1, -0.05) is 26.7 Å². The summed E-state index contributed by atoms with van der Waals surface area (Å²) in [4.78, 5) is 0. The molecule has 0 heterocycles. The van der Waals surface area contributed by atoms with Gasteiger partial charge in [0.1, 0.15) is 0 Å². The van der Waals surface area contributed by atoms with Crippen molar-refractivity contribution in [3.63, 3.8) is 0 Å². The average Bonchev–Trinajstić information content (AvgIpc) is 2.05. The number of rotatable bonds is 8. The zero-order chi connectivity index (χ0) is 10.2. The molecule has 0 bridgehead atoms. The lowest BCUT2D eigenvalue weighted by Crippen LogP contribution is -2.41. The predicted octanol–water partition coefficient (Wildman–Crippen LogP) is 3.44. The molecule has 0 aromatic heterocycles. The van der Waals surface area contributed by atoms with E-state index in [1.807, 2.05) is 0 Å². The summed E-state index contributed by atoms with van der Waals surface area (Å²) >= 11 is 0. The Morgan fingerprint density at radius 3 is 1.38 bits per heavy atom. The van der Waals surface area contributed by atoms with Crippen LogP contribution in [0.5, 0.6) is 0 Å². The van der Waals surface area contributed by atoms with E-state index in [1.165, 1.54) is 56.1 Å². The Bertz CT molecular complexity index is 95.7. The summed E-state index contributed by atoms with van der Waals surface area (Å²) < 4.78 is 1.22. The third kappa shape index (κ3) is 8.29. The molecule has 0 rings (SSSR count). The maximum absolute atomic E-state index is 2.37. The van der Waals surface area contributed by atoms with E-state index in [1.54, 1.807) is 0 Å². The molecule has 0 unspecified atom stereocenters. The summed E-state index contributed by atoms with van der Waals surface area (Å²) in [7, 11) is 4.73. The Morgan fingerprint density at radius 1 is 0.692 bits per heavy atom. The maximum Gasteiger partial charge on any atom is 0.0782 e. The standard InChI is InChI=1S/C12H28N/c1-5-7-9-11-13(3,4)12-10-8-6-2/h5-12H2,1-4H3/q+1. The second kappa shape index (κ2) is 7.37. The Labute approximate surface area is 84.7 Å². The molecule has 13 heavy (non-hydrogen) atoms. The SMILES string of the molecule is CCCCC[N+](C)(C)CCCCC. The molecule has 0 fully saturated rings. The van der Waals surface area contributed by atoms with E-state index in [2.05, 4.69) is 27.9 Å². The lowest BCUT2D eigenvalue weighted by atomic mass is 10.2. The minimum Gasteiger partial charge on any atom is -0.328 e. The summed E-state index contributed by atoms with van der Waals surface area (Å²) in [6.07, 6.45) is 8.28. The van der Waals surface area contributed by atoms with Gasteiger partial charge in [-0.25, -0.2) is 0 Å². The van der Waals surface area contributed by atoms with Crippen molar-refractivity contribution in [3.05, 3.63) is 0 Å². The van der Waals surface area contributed by atoms with Gasteiger partial charge in [0, 0.05) is 0 Å². The van der Waals surface area contributed by atoms with Gasteiger partial charge in [0.25, 0.3) is 0 Å². The van der Waals surface area contributed by atoms with Crippen molar-refractivity contribution in [2.75, 3.05) is 27.2 Å². The van der Waals surface area contributed by atoms with Crippen molar-refractivity contribution in [1.82, 2.24) is 0 Å². The van der Waals surface area contributed by atoms with Crippen LogP contribution < -0.4 is 0 Å². The van der Waals surface area contributed by atoms with Crippen LogP contribution in [0.25, 0.3) is 0 Å². The van der Waals surface area contributed by atoms with Crippen molar-refractivity contribution in [2.24, 2.45) is 0 Å². The van der Waals surface area contributed by atoms with Gasteiger partial charge in [0.05, 0.1) is 27.2 Å². The highest BCUT2D eigenvalue weighted by Gasteiger charge is 2.12. The fourth-order valence-corrected chi connectivity index (χ4v) is 1.69. The molecule has 0 aliphatic heterocycles. The van der Waals surface area contributed by atoms with Gasteiger partial charge in [-0.15, -0.1) is 0 Å². The Kier molecular flexibility index (Phi) is 7.35. The van der Waals surface area contributed by atoms with Crippen LogP contribution in [-0.4, -0.2) is 31.7 Å². The molecule has 0 amide bonds. The Morgan fingerprint density at radius 2 is 1.08 bits per heavy atom. The maximum atomic E-state index is 2.37. The molecule has 0 spiro atoms. The van der Waals surface area contributed by atoms with Crippen LogP contribution in [-0.2, 0) is 0 Å². The van der Waals surface area contributed by atoms with Crippen LogP contribution in [0.1, 0.15) is 52.4 Å². The second-order valence-electron chi connectivity index (χ2n) is 4.80. The Hall–Kier alpha value is -0.0400. The van der Waals surface area contributed by atoms with Crippen molar-refractivity contribution in [2.45, 2.75) is 52.4 Å². The summed E-state index contributed by atoms with van der Waals surface area (Å²) in [6.45, 7) is 7.27. The first-order valence-electron chi connectivity index (χ1n) is 5.94. The first-order chi connectivity index (χ1) is 6.12. The average molecular weight is 186 g/mol. The van der Waals surface area contributed by atoms with Gasteiger partial charge in [-0.05, 0) is 25.7 Å². The summed E-state index contributed by atoms with van der Waals surface area (Å²) in [5.74, 6) is 0. The van der Waals surface area contributed by atoms with Crippen molar-refractivity contribution in [3.8, 4) is 0 Å². The molecule has 80 valence electrons. The lowest BCUT2D eigenvalue weighted by Gasteiger charge is -2.29. The molecule has 1 heteroatoms. The van der Waals surface area contributed by atoms with E-state index in [-0.39, 0.29) is 0 Å². The van der Waals surface area contributed by atoms with E-state index in [4.69, 9.17) is 0 Å². The number of nitrogens with zero attached hydrogens (tertiary/aromatic N) is 1.